The van der Waals surface area contributed by atoms with Crippen molar-refractivity contribution in [1.82, 2.24) is 5.32 Å². The summed E-state index contributed by atoms with van der Waals surface area (Å²) in [5, 5.41) is 3.56. The van der Waals surface area contributed by atoms with Gasteiger partial charge in [0.1, 0.15) is 0 Å². The van der Waals surface area contributed by atoms with Gasteiger partial charge in [0.05, 0.1) is 7.11 Å². The van der Waals surface area contributed by atoms with Crippen LogP contribution in [0.25, 0.3) is 0 Å². The molecule has 1 aliphatic rings. The topological polar surface area (TPSA) is 38.3 Å². The lowest BCUT2D eigenvalue weighted by molar-refractivity contribution is -0.140. The van der Waals surface area contributed by atoms with Crippen molar-refractivity contribution in [3.8, 4) is 0 Å². The zero-order chi connectivity index (χ0) is 12.5. The Morgan fingerprint density at radius 1 is 1.29 bits per heavy atom. The number of ether oxygens (including phenoxy) is 1. The lowest BCUT2D eigenvalue weighted by atomic mass is 9.83. The predicted molar refractivity (Wildman–Crippen MR) is 69.9 cm³/mol. The minimum atomic E-state index is -0.0987. The number of hydrogen-bond acceptors (Lipinski definition) is 3. The number of rotatable bonds is 7. The fourth-order valence-corrected chi connectivity index (χ4v) is 2.70. The smallest absolute Gasteiger partial charge is 0.305 e. The van der Waals surface area contributed by atoms with Crippen molar-refractivity contribution >= 4 is 5.97 Å². The molecule has 3 nitrogen and oxygen atoms in total. The number of carbonyl (C=O) groups is 1. The molecule has 0 atom stereocenters. The summed E-state index contributed by atoms with van der Waals surface area (Å²) in [7, 11) is 1.45. The van der Waals surface area contributed by atoms with Gasteiger partial charge in [-0.05, 0) is 44.6 Å². The molecule has 0 aromatic rings. The average Bonchev–Trinajstić information content (AvgIpc) is 2.36. The van der Waals surface area contributed by atoms with Crippen LogP contribution >= 0.6 is 0 Å². The van der Waals surface area contributed by atoms with E-state index in [0.29, 0.717) is 12.5 Å². The first-order valence-electron chi connectivity index (χ1n) is 7.06. The molecule has 0 bridgehead atoms. The van der Waals surface area contributed by atoms with Gasteiger partial charge in [0.2, 0.25) is 0 Å². The lowest BCUT2D eigenvalue weighted by Gasteiger charge is -2.29. The average molecular weight is 241 g/mol. The highest BCUT2D eigenvalue weighted by Crippen LogP contribution is 2.27. The molecule has 0 heterocycles. The van der Waals surface area contributed by atoms with E-state index < -0.39 is 0 Å². The predicted octanol–water partition coefficient (Wildman–Crippen LogP) is 2.89. The second-order valence-electron chi connectivity index (χ2n) is 5.14. The summed E-state index contributed by atoms with van der Waals surface area (Å²) in [4.78, 5) is 10.9. The van der Waals surface area contributed by atoms with Crippen LogP contribution in [-0.2, 0) is 9.53 Å². The molecule has 0 aliphatic heterocycles. The van der Waals surface area contributed by atoms with Crippen molar-refractivity contribution in [2.45, 2.75) is 64.3 Å². The second kappa shape index (κ2) is 8.51. The number of hydrogen-bond donors (Lipinski definition) is 1. The highest BCUT2D eigenvalue weighted by Gasteiger charge is 2.19. The molecule has 0 unspecified atom stereocenters. The zero-order valence-corrected chi connectivity index (χ0v) is 11.3. The van der Waals surface area contributed by atoms with Gasteiger partial charge in [0.15, 0.2) is 0 Å². The summed E-state index contributed by atoms with van der Waals surface area (Å²) in [6.07, 6.45) is 9.52. The van der Waals surface area contributed by atoms with Crippen LogP contribution < -0.4 is 5.32 Å². The van der Waals surface area contributed by atoms with Crippen molar-refractivity contribution in [1.29, 1.82) is 0 Å². The lowest BCUT2D eigenvalue weighted by Crippen LogP contribution is -2.34. The summed E-state index contributed by atoms with van der Waals surface area (Å²) in [6, 6.07) is 0.681. The maximum atomic E-state index is 10.9. The summed E-state index contributed by atoms with van der Waals surface area (Å²) >= 11 is 0. The number of carbonyl (C=O) groups excluding carboxylic acids is 1. The van der Waals surface area contributed by atoms with E-state index in [9.17, 15) is 4.79 Å². The molecule has 0 radical (unpaired) electrons. The van der Waals surface area contributed by atoms with E-state index in [2.05, 4.69) is 17.0 Å². The van der Waals surface area contributed by atoms with Gasteiger partial charge in [-0.1, -0.05) is 19.8 Å². The molecule has 1 N–H and O–H groups in total. The third kappa shape index (κ3) is 6.06. The molecular weight excluding hydrogens is 214 g/mol. The normalized spacial score (nSPS) is 24.6. The minimum absolute atomic E-state index is 0.0987. The standard InChI is InChI=1S/C14H27NO2/c1-3-5-12-7-9-13(10-8-12)15-11-4-6-14(16)17-2/h12-13,15H,3-11H2,1-2H3. The van der Waals surface area contributed by atoms with Crippen LogP contribution in [0.2, 0.25) is 0 Å². The van der Waals surface area contributed by atoms with E-state index in [1.807, 2.05) is 0 Å². The largest absolute Gasteiger partial charge is 0.469 e. The molecule has 1 rings (SSSR count). The first-order chi connectivity index (χ1) is 8.26. The zero-order valence-electron chi connectivity index (χ0n) is 11.3. The number of nitrogens with one attached hydrogen (secondary N) is 1. The van der Waals surface area contributed by atoms with Crippen LogP contribution in [0, 0.1) is 5.92 Å². The molecule has 1 saturated carbocycles. The Morgan fingerprint density at radius 3 is 2.59 bits per heavy atom. The molecule has 100 valence electrons. The molecule has 3 heteroatoms. The quantitative estimate of drug-likeness (QED) is 0.550. The van der Waals surface area contributed by atoms with Crippen LogP contribution in [0.15, 0.2) is 0 Å². The Kier molecular flexibility index (Phi) is 7.25. The van der Waals surface area contributed by atoms with E-state index in [1.54, 1.807) is 0 Å². The maximum absolute atomic E-state index is 10.9. The Morgan fingerprint density at radius 2 is 2.00 bits per heavy atom. The van der Waals surface area contributed by atoms with Crippen molar-refractivity contribution in [2.75, 3.05) is 13.7 Å². The van der Waals surface area contributed by atoms with Crippen molar-refractivity contribution in [3.63, 3.8) is 0 Å². The Hall–Kier alpha value is -0.570. The van der Waals surface area contributed by atoms with Gasteiger partial charge in [-0.15, -0.1) is 0 Å². The molecular formula is C14H27NO2. The summed E-state index contributed by atoms with van der Waals surface area (Å²) < 4.78 is 4.62. The van der Waals surface area contributed by atoms with Gasteiger partial charge in [0.25, 0.3) is 0 Å². The van der Waals surface area contributed by atoms with E-state index in [-0.39, 0.29) is 5.97 Å². The van der Waals surface area contributed by atoms with Crippen LogP contribution in [0.4, 0.5) is 0 Å². The second-order valence-corrected chi connectivity index (χ2v) is 5.14. The molecule has 1 fully saturated rings. The van der Waals surface area contributed by atoms with Gasteiger partial charge < -0.3 is 10.1 Å². The van der Waals surface area contributed by atoms with Gasteiger partial charge >= 0.3 is 5.97 Å². The van der Waals surface area contributed by atoms with E-state index >= 15 is 0 Å². The van der Waals surface area contributed by atoms with Crippen LogP contribution in [0.3, 0.4) is 0 Å². The Labute approximate surface area is 105 Å². The number of methoxy groups -OCH3 is 1. The first-order valence-corrected chi connectivity index (χ1v) is 7.06. The third-order valence-corrected chi connectivity index (χ3v) is 3.76. The fourth-order valence-electron chi connectivity index (χ4n) is 2.70. The summed E-state index contributed by atoms with van der Waals surface area (Å²) in [5.41, 5.74) is 0. The van der Waals surface area contributed by atoms with Crippen LogP contribution in [-0.4, -0.2) is 25.7 Å². The monoisotopic (exact) mass is 241 g/mol. The molecule has 0 spiro atoms. The van der Waals surface area contributed by atoms with Crippen molar-refractivity contribution in [2.24, 2.45) is 5.92 Å². The van der Waals surface area contributed by atoms with Crippen molar-refractivity contribution in [3.05, 3.63) is 0 Å². The van der Waals surface area contributed by atoms with Crippen molar-refractivity contribution < 1.29 is 9.53 Å². The minimum Gasteiger partial charge on any atom is -0.469 e. The molecule has 0 aromatic carbocycles. The van der Waals surface area contributed by atoms with Gasteiger partial charge in [-0.3, -0.25) is 4.79 Å². The molecule has 0 amide bonds. The summed E-state index contributed by atoms with van der Waals surface area (Å²) in [5.74, 6) is 0.867. The first kappa shape index (κ1) is 14.5. The van der Waals surface area contributed by atoms with Gasteiger partial charge in [-0.25, -0.2) is 0 Å². The maximum Gasteiger partial charge on any atom is 0.305 e. The highest BCUT2D eigenvalue weighted by atomic mass is 16.5. The molecule has 17 heavy (non-hydrogen) atoms. The third-order valence-electron chi connectivity index (χ3n) is 3.76. The number of esters is 1. The molecule has 1 aliphatic carbocycles. The Balaban J connectivity index is 2.00. The highest BCUT2D eigenvalue weighted by molar-refractivity contribution is 5.69. The molecule has 0 aromatic heterocycles. The van der Waals surface area contributed by atoms with Gasteiger partial charge in [0, 0.05) is 12.5 Å². The summed E-state index contributed by atoms with van der Waals surface area (Å²) in [6.45, 7) is 3.22. The van der Waals surface area contributed by atoms with E-state index in [4.69, 9.17) is 0 Å². The SMILES string of the molecule is CCCC1CCC(NCCCC(=O)OC)CC1. The fraction of sp³-hybridized carbons (Fsp3) is 0.929. The Bertz CT molecular complexity index is 210. The van der Waals surface area contributed by atoms with E-state index in [0.717, 1.165) is 18.9 Å². The van der Waals surface area contributed by atoms with Gasteiger partial charge in [-0.2, -0.15) is 0 Å². The van der Waals surface area contributed by atoms with E-state index in [1.165, 1.54) is 45.6 Å². The van der Waals surface area contributed by atoms with Crippen LogP contribution in [0.5, 0.6) is 0 Å². The van der Waals surface area contributed by atoms with Crippen LogP contribution in [0.1, 0.15) is 58.3 Å². The molecule has 0 saturated heterocycles.